The number of fused-ring (bicyclic) bond motifs is 1. The third-order valence-corrected chi connectivity index (χ3v) is 2.68. The normalized spacial score (nSPS) is 11.0. The highest BCUT2D eigenvalue weighted by molar-refractivity contribution is 6.35. The van der Waals surface area contributed by atoms with Gasteiger partial charge in [0.05, 0.1) is 5.02 Å². The summed E-state index contributed by atoms with van der Waals surface area (Å²) in [5, 5.41) is 1.88. The summed E-state index contributed by atoms with van der Waals surface area (Å²) >= 11 is 6.02. The Balaban J connectivity index is 2.34. The summed E-state index contributed by atoms with van der Waals surface area (Å²) in [6.45, 7) is 0.735. The van der Waals surface area contributed by atoms with E-state index >= 15 is 0 Å². The molecule has 0 amide bonds. The van der Waals surface area contributed by atoms with Crippen LogP contribution in [-0.4, -0.2) is 11.5 Å². The summed E-state index contributed by atoms with van der Waals surface area (Å²) in [7, 11) is 0. The monoisotopic (exact) mass is 208 g/mol. The average molecular weight is 209 g/mol. The van der Waals surface area contributed by atoms with Gasteiger partial charge >= 0.3 is 0 Å². The minimum atomic E-state index is 0.735. The number of aromatic amines is 1. The Morgan fingerprint density at radius 3 is 3.00 bits per heavy atom. The van der Waals surface area contributed by atoms with Gasteiger partial charge in [-0.15, -0.1) is 0 Å². The number of aryl methyl sites for hydroxylation is 1. The van der Waals surface area contributed by atoms with Crippen LogP contribution in [0.3, 0.4) is 0 Å². The molecule has 0 saturated heterocycles. The van der Waals surface area contributed by atoms with Crippen molar-refractivity contribution in [3.63, 3.8) is 0 Å². The predicted octanol–water partition coefficient (Wildman–Crippen LogP) is 2.71. The maximum absolute atomic E-state index is 6.02. The molecule has 0 spiro atoms. The highest BCUT2D eigenvalue weighted by Crippen LogP contribution is 2.24. The molecule has 1 aromatic heterocycles. The van der Waals surface area contributed by atoms with Crippen LogP contribution in [0.15, 0.2) is 24.4 Å². The standard InChI is InChI=1S/C11H13ClN2/c12-10-7-14-11-4-3-8(2-1-5-13)6-9(10)11/h3-4,6-7,14H,1-2,5,13H2. The number of nitrogens with two attached hydrogens (primary N) is 1. The molecule has 0 bridgehead atoms. The van der Waals surface area contributed by atoms with E-state index in [2.05, 4.69) is 23.2 Å². The zero-order chi connectivity index (χ0) is 9.97. The lowest BCUT2D eigenvalue weighted by Crippen LogP contribution is -2.00. The fourth-order valence-corrected chi connectivity index (χ4v) is 1.81. The Morgan fingerprint density at radius 1 is 1.36 bits per heavy atom. The average Bonchev–Trinajstić information content (AvgIpc) is 2.57. The number of hydrogen-bond acceptors (Lipinski definition) is 1. The summed E-state index contributed by atoms with van der Waals surface area (Å²) in [6.07, 6.45) is 3.86. The highest BCUT2D eigenvalue weighted by Gasteiger charge is 2.01. The van der Waals surface area contributed by atoms with Crippen LogP contribution in [0.5, 0.6) is 0 Å². The van der Waals surface area contributed by atoms with Crippen LogP contribution in [0.25, 0.3) is 10.9 Å². The summed E-state index contributed by atoms with van der Waals surface area (Å²) in [4.78, 5) is 3.11. The maximum Gasteiger partial charge on any atom is 0.0659 e. The van der Waals surface area contributed by atoms with Crippen molar-refractivity contribution in [2.45, 2.75) is 12.8 Å². The fraction of sp³-hybridized carbons (Fsp3) is 0.273. The molecule has 0 saturated carbocycles. The molecule has 14 heavy (non-hydrogen) atoms. The second-order valence-electron chi connectivity index (χ2n) is 3.41. The molecule has 0 atom stereocenters. The van der Waals surface area contributed by atoms with Crippen molar-refractivity contribution in [3.05, 3.63) is 35.0 Å². The van der Waals surface area contributed by atoms with E-state index in [4.69, 9.17) is 17.3 Å². The SMILES string of the molecule is NCCCc1ccc2[nH]cc(Cl)c2c1. The quantitative estimate of drug-likeness (QED) is 0.800. The van der Waals surface area contributed by atoms with Gasteiger partial charge in [0, 0.05) is 17.1 Å². The lowest BCUT2D eigenvalue weighted by atomic mass is 10.1. The van der Waals surface area contributed by atoms with Gasteiger partial charge in [0.15, 0.2) is 0 Å². The van der Waals surface area contributed by atoms with Crippen molar-refractivity contribution >= 4 is 22.5 Å². The third kappa shape index (κ3) is 1.76. The molecule has 0 unspecified atom stereocenters. The molecule has 0 fully saturated rings. The van der Waals surface area contributed by atoms with E-state index in [0.717, 1.165) is 35.3 Å². The third-order valence-electron chi connectivity index (χ3n) is 2.37. The van der Waals surface area contributed by atoms with E-state index < -0.39 is 0 Å². The van der Waals surface area contributed by atoms with Gasteiger partial charge in [-0.05, 0) is 37.1 Å². The van der Waals surface area contributed by atoms with Crippen molar-refractivity contribution < 1.29 is 0 Å². The Hall–Kier alpha value is -0.990. The van der Waals surface area contributed by atoms with Crippen molar-refractivity contribution in [3.8, 4) is 0 Å². The van der Waals surface area contributed by atoms with Crippen molar-refractivity contribution in [2.24, 2.45) is 5.73 Å². The van der Waals surface area contributed by atoms with E-state index in [-0.39, 0.29) is 0 Å². The first-order valence-corrected chi connectivity index (χ1v) is 5.14. The fourth-order valence-electron chi connectivity index (χ4n) is 1.60. The van der Waals surface area contributed by atoms with Crippen LogP contribution in [0, 0.1) is 0 Å². The largest absolute Gasteiger partial charge is 0.360 e. The Kier molecular flexibility index (Phi) is 2.75. The predicted molar refractivity (Wildman–Crippen MR) is 60.7 cm³/mol. The molecule has 74 valence electrons. The maximum atomic E-state index is 6.02. The van der Waals surface area contributed by atoms with Crippen LogP contribution in [0.2, 0.25) is 5.02 Å². The number of nitrogens with one attached hydrogen (secondary N) is 1. The summed E-state index contributed by atoms with van der Waals surface area (Å²) in [5.41, 5.74) is 7.85. The molecule has 0 aliphatic heterocycles. The van der Waals surface area contributed by atoms with E-state index in [1.54, 1.807) is 0 Å². The van der Waals surface area contributed by atoms with Crippen molar-refractivity contribution in [2.75, 3.05) is 6.54 Å². The van der Waals surface area contributed by atoms with Gasteiger partial charge in [0.1, 0.15) is 0 Å². The van der Waals surface area contributed by atoms with Crippen LogP contribution < -0.4 is 5.73 Å². The second kappa shape index (κ2) is 4.03. The van der Waals surface area contributed by atoms with Gasteiger partial charge in [-0.25, -0.2) is 0 Å². The number of rotatable bonds is 3. The molecule has 3 heteroatoms. The number of aromatic nitrogens is 1. The van der Waals surface area contributed by atoms with Crippen LogP contribution in [-0.2, 0) is 6.42 Å². The van der Waals surface area contributed by atoms with Crippen molar-refractivity contribution in [1.29, 1.82) is 0 Å². The summed E-state index contributed by atoms with van der Waals surface area (Å²) in [6, 6.07) is 6.31. The van der Waals surface area contributed by atoms with Crippen molar-refractivity contribution in [1.82, 2.24) is 4.98 Å². The molecular weight excluding hydrogens is 196 g/mol. The van der Waals surface area contributed by atoms with E-state index in [1.807, 2.05) is 6.20 Å². The molecule has 0 aliphatic carbocycles. The highest BCUT2D eigenvalue weighted by atomic mass is 35.5. The van der Waals surface area contributed by atoms with Gasteiger partial charge in [-0.3, -0.25) is 0 Å². The number of H-pyrrole nitrogens is 1. The van der Waals surface area contributed by atoms with Gasteiger partial charge in [-0.2, -0.15) is 0 Å². The minimum Gasteiger partial charge on any atom is -0.360 e. The molecule has 2 aromatic rings. The molecule has 0 aliphatic rings. The lowest BCUT2D eigenvalue weighted by Gasteiger charge is -1.99. The van der Waals surface area contributed by atoms with E-state index in [9.17, 15) is 0 Å². The zero-order valence-corrected chi connectivity index (χ0v) is 8.64. The molecule has 3 N–H and O–H groups in total. The number of halogens is 1. The first-order valence-electron chi connectivity index (χ1n) is 4.77. The van der Waals surface area contributed by atoms with Gasteiger partial charge in [-0.1, -0.05) is 17.7 Å². The Labute approximate surface area is 88.1 Å². The van der Waals surface area contributed by atoms with Crippen LogP contribution in [0.4, 0.5) is 0 Å². The Morgan fingerprint density at radius 2 is 2.21 bits per heavy atom. The molecule has 1 heterocycles. The Bertz CT molecular complexity index is 434. The summed E-state index contributed by atoms with van der Waals surface area (Å²) < 4.78 is 0. The zero-order valence-electron chi connectivity index (χ0n) is 7.89. The van der Waals surface area contributed by atoms with Gasteiger partial charge < -0.3 is 10.7 Å². The smallest absolute Gasteiger partial charge is 0.0659 e. The van der Waals surface area contributed by atoms with Crippen LogP contribution >= 0.6 is 11.6 Å². The first kappa shape index (κ1) is 9.56. The van der Waals surface area contributed by atoms with E-state index in [0.29, 0.717) is 0 Å². The van der Waals surface area contributed by atoms with Gasteiger partial charge in [0.2, 0.25) is 0 Å². The molecule has 1 aromatic carbocycles. The van der Waals surface area contributed by atoms with Crippen LogP contribution in [0.1, 0.15) is 12.0 Å². The van der Waals surface area contributed by atoms with Gasteiger partial charge in [0.25, 0.3) is 0 Å². The molecular formula is C11H13ClN2. The molecule has 0 radical (unpaired) electrons. The second-order valence-corrected chi connectivity index (χ2v) is 3.82. The molecule has 2 nitrogen and oxygen atoms in total. The summed E-state index contributed by atoms with van der Waals surface area (Å²) in [5.74, 6) is 0. The number of hydrogen-bond donors (Lipinski definition) is 2. The molecule has 2 rings (SSSR count). The number of benzene rings is 1. The minimum absolute atomic E-state index is 0.735. The lowest BCUT2D eigenvalue weighted by molar-refractivity contribution is 0.833. The van der Waals surface area contributed by atoms with E-state index in [1.165, 1.54) is 5.56 Å². The first-order chi connectivity index (χ1) is 6.81. The topological polar surface area (TPSA) is 41.8 Å².